The monoisotopic (exact) mass is 537 g/mol. The number of benzene rings is 2. The van der Waals surface area contributed by atoms with Crippen molar-refractivity contribution in [1.29, 1.82) is 0 Å². The van der Waals surface area contributed by atoms with Gasteiger partial charge in [-0.1, -0.05) is 41.0 Å². The lowest BCUT2D eigenvalue weighted by molar-refractivity contribution is -0.137. The summed E-state index contributed by atoms with van der Waals surface area (Å²) in [7, 11) is -3.41. The van der Waals surface area contributed by atoms with Crippen LogP contribution < -0.4 is 10.2 Å². The van der Waals surface area contributed by atoms with E-state index in [0.29, 0.717) is 10.7 Å². The van der Waals surface area contributed by atoms with Crippen LogP contribution in [0.5, 0.6) is 0 Å². The molecule has 0 aliphatic carbocycles. The summed E-state index contributed by atoms with van der Waals surface area (Å²) in [6.07, 6.45) is -4.61. The maximum absolute atomic E-state index is 13.3. The lowest BCUT2D eigenvalue weighted by Gasteiger charge is -2.28. The zero-order valence-electron chi connectivity index (χ0n) is 16.6. The van der Waals surface area contributed by atoms with Gasteiger partial charge in [-0.15, -0.1) is 0 Å². The third kappa shape index (κ3) is 5.42. The Morgan fingerprint density at radius 3 is 2.64 bits per heavy atom. The number of fused-ring (bicyclic) bond motifs is 1. The molecule has 1 saturated heterocycles. The number of nitrogens with one attached hydrogen (secondary N) is 1. The number of carbonyl (C=O) groups is 1. The third-order valence-electron chi connectivity index (χ3n) is 5.08. The molecule has 0 aromatic heterocycles. The van der Waals surface area contributed by atoms with Crippen molar-refractivity contribution in [2.24, 2.45) is 4.99 Å². The van der Waals surface area contributed by atoms with Crippen LogP contribution in [0, 0.1) is 0 Å². The zero-order chi connectivity index (χ0) is 24.0. The maximum atomic E-state index is 13.3. The number of amides is 1. The number of sulfone groups is 1. The second-order valence-electron chi connectivity index (χ2n) is 7.50. The standard InChI is InChI=1S/C20H16Cl2F3N3O3S2/c21-12-2-1-3-13(7-12)26-18(29)8-32-19-27-15-9-33(30,31)10-17(15)28(19)16-6-11(20(23,24)25)4-5-14(16)22/h1-7,15,17H,8-10H2,(H,26,29)/t15-,17-/m1/s1. The fraction of sp³-hybridized carbons (Fsp3) is 0.300. The zero-order valence-corrected chi connectivity index (χ0v) is 19.8. The Labute approximate surface area is 202 Å². The molecule has 0 saturated carbocycles. The highest BCUT2D eigenvalue weighted by molar-refractivity contribution is 8.14. The van der Waals surface area contributed by atoms with Crippen molar-refractivity contribution in [2.45, 2.75) is 18.3 Å². The molecular formula is C20H16Cl2F3N3O3S2. The Morgan fingerprint density at radius 1 is 1.18 bits per heavy atom. The molecule has 2 aromatic rings. The number of hydrogen-bond acceptors (Lipinski definition) is 6. The number of halogens is 5. The van der Waals surface area contributed by atoms with Crippen LogP contribution in [0.1, 0.15) is 5.56 Å². The minimum absolute atomic E-state index is 0.00223. The number of thioether (sulfide) groups is 1. The Balaban J connectivity index is 1.59. The van der Waals surface area contributed by atoms with Crippen molar-refractivity contribution in [2.75, 3.05) is 27.5 Å². The highest BCUT2D eigenvalue weighted by Gasteiger charge is 2.48. The van der Waals surface area contributed by atoms with E-state index in [1.165, 1.54) is 4.90 Å². The second-order valence-corrected chi connectivity index (χ2v) is 11.4. The number of anilines is 2. The van der Waals surface area contributed by atoms with E-state index in [9.17, 15) is 26.4 Å². The van der Waals surface area contributed by atoms with E-state index in [0.717, 1.165) is 30.0 Å². The van der Waals surface area contributed by atoms with Gasteiger partial charge in [0.05, 0.1) is 45.6 Å². The number of hydrogen-bond donors (Lipinski definition) is 1. The smallest absolute Gasteiger partial charge is 0.325 e. The number of amidine groups is 1. The molecule has 0 radical (unpaired) electrons. The molecule has 4 rings (SSSR count). The van der Waals surface area contributed by atoms with Gasteiger partial charge in [0.1, 0.15) is 0 Å². The molecule has 1 amide bonds. The molecular weight excluding hydrogens is 522 g/mol. The summed E-state index contributed by atoms with van der Waals surface area (Å²) < 4.78 is 64.2. The highest BCUT2D eigenvalue weighted by Crippen LogP contribution is 2.41. The molecule has 0 bridgehead atoms. The number of nitrogens with zero attached hydrogens (tertiary/aromatic N) is 2. The molecule has 1 N–H and O–H groups in total. The molecule has 33 heavy (non-hydrogen) atoms. The first-order valence-electron chi connectivity index (χ1n) is 9.55. The molecule has 2 atom stereocenters. The van der Waals surface area contributed by atoms with Gasteiger partial charge in [-0.05, 0) is 36.4 Å². The van der Waals surface area contributed by atoms with Crippen molar-refractivity contribution in [3.8, 4) is 0 Å². The Bertz CT molecular complexity index is 1240. The summed E-state index contributed by atoms with van der Waals surface area (Å²) in [6.45, 7) is 0. The summed E-state index contributed by atoms with van der Waals surface area (Å²) >= 11 is 13.1. The first-order chi connectivity index (χ1) is 15.4. The summed E-state index contributed by atoms with van der Waals surface area (Å²) in [5.74, 6) is -0.981. The SMILES string of the molecule is O=C(CSC1=N[C@@H]2CS(=O)(=O)C[C@H]2N1c1cc(C(F)(F)F)ccc1Cl)Nc1cccc(Cl)c1. The summed E-state index contributed by atoms with van der Waals surface area (Å²) in [5, 5.41) is 3.38. The lowest BCUT2D eigenvalue weighted by atomic mass is 10.1. The van der Waals surface area contributed by atoms with Gasteiger partial charge in [0, 0.05) is 10.7 Å². The number of rotatable bonds is 4. The normalized spacial score (nSPS) is 21.6. The molecule has 2 aromatic carbocycles. The van der Waals surface area contributed by atoms with E-state index >= 15 is 0 Å². The van der Waals surface area contributed by atoms with Crippen LogP contribution in [-0.2, 0) is 20.8 Å². The van der Waals surface area contributed by atoms with Crippen molar-refractivity contribution < 1.29 is 26.4 Å². The van der Waals surface area contributed by atoms with Gasteiger partial charge in [-0.2, -0.15) is 13.2 Å². The Kier molecular flexibility index (Phi) is 6.60. The van der Waals surface area contributed by atoms with Crippen molar-refractivity contribution in [3.05, 3.63) is 58.1 Å². The van der Waals surface area contributed by atoms with Crippen molar-refractivity contribution in [3.63, 3.8) is 0 Å². The highest BCUT2D eigenvalue weighted by atomic mass is 35.5. The van der Waals surface area contributed by atoms with Gasteiger partial charge in [0.2, 0.25) is 5.91 Å². The fourth-order valence-electron chi connectivity index (χ4n) is 3.68. The lowest BCUT2D eigenvalue weighted by Crippen LogP contribution is -2.39. The van der Waals surface area contributed by atoms with Crippen LogP contribution in [0.15, 0.2) is 47.5 Å². The molecule has 2 aliphatic rings. The second kappa shape index (κ2) is 9.01. The maximum Gasteiger partial charge on any atom is 0.416 e. The minimum Gasteiger partial charge on any atom is -0.325 e. The molecule has 6 nitrogen and oxygen atoms in total. The van der Waals surface area contributed by atoms with Gasteiger partial charge >= 0.3 is 6.18 Å². The average Bonchev–Trinajstić information content (AvgIpc) is 3.17. The predicted octanol–water partition coefficient (Wildman–Crippen LogP) is 4.73. The van der Waals surface area contributed by atoms with Gasteiger partial charge in [0.15, 0.2) is 15.0 Å². The molecule has 1 fully saturated rings. The van der Waals surface area contributed by atoms with Crippen molar-refractivity contribution >= 4 is 67.3 Å². The van der Waals surface area contributed by atoms with E-state index < -0.39 is 33.7 Å². The van der Waals surface area contributed by atoms with Crippen LogP contribution in [0.3, 0.4) is 0 Å². The van der Waals surface area contributed by atoms with E-state index in [4.69, 9.17) is 23.2 Å². The third-order valence-corrected chi connectivity index (χ3v) is 8.30. The van der Waals surface area contributed by atoms with Crippen LogP contribution in [0.4, 0.5) is 24.5 Å². The topological polar surface area (TPSA) is 78.8 Å². The quantitative estimate of drug-likeness (QED) is 0.610. The van der Waals surface area contributed by atoms with Crippen molar-refractivity contribution in [1.82, 2.24) is 0 Å². The van der Waals surface area contributed by atoms with E-state index in [1.54, 1.807) is 24.3 Å². The van der Waals surface area contributed by atoms with Gasteiger partial charge in [-0.3, -0.25) is 9.79 Å². The molecule has 13 heteroatoms. The Hall–Kier alpha value is -1.95. The van der Waals surface area contributed by atoms with E-state index in [1.807, 2.05) is 0 Å². The number of carbonyl (C=O) groups excluding carboxylic acids is 1. The van der Waals surface area contributed by atoms with Gasteiger partial charge in [0.25, 0.3) is 0 Å². The van der Waals surface area contributed by atoms with Gasteiger partial charge in [-0.25, -0.2) is 8.42 Å². The Morgan fingerprint density at radius 2 is 1.94 bits per heavy atom. The molecule has 0 unspecified atom stereocenters. The van der Waals surface area contributed by atoms with Crippen LogP contribution in [-0.4, -0.2) is 48.8 Å². The predicted molar refractivity (Wildman–Crippen MR) is 125 cm³/mol. The van der Waals surface area contributed by atoms with Gasteiger partial charge < -0.3 is 10.2 Å². The largest absolute Gasteiger partial charge is 0.416 e. The molecule has 0 spiro atoms. The van der Waals surface area contributed by atoms with Crippen LogP contribution >= 0.6 is 35.0 Å². The molecule has 2 heterocycles. The molecule has 176 valence electrons. The fourth-order valence-corrected chi connectivity index (χ4v) is 6.84. The number of aliphatic imine (C=N–C) groups is 1. The summed E-state index contributed by atoms with van der Waals surface area (Å²) in [4.78, 5) is 18.2. The minimum atomic E-state index is -4.61. The van der Waals surface area contributed by atoms with Crippen LogP contribution in [0.25, 0.3) is 0 Å². The first kappa shape index (κ1) is 24.2. The number of alkyl halides is 3. The van der Waals surface area contributed by atoms with E-state index in [-0.39, 0.29) is 39.0 Å². The summed E-state index contributed by atoms with van der Waals surface area (Å²) in [5.41, 5.74) is -0.436. The molecule has 2 aliphatic heterocycles. The summed E-state index contributed by atoms with van der Waals surface area (Å²) in [6, 6.07) is 8.05. The first-order valence-corrected chi connectivity index (χ1v) is 13.1. The average molecular weight is 538 g/mol. The van der Waals surface area contributed by atoms with Crippen LogP contribution in [0.2, 0.25) is 10.0 Å². The van der Waals surface area contributed by atoms with E-state index in [2.05, 4.69) is 10.3 Å².